The molecule has 0 bridgehead atoms. The van der Waals surface area contributed by atoms with Crippen LogP contribution >= 0.6 is 0 Å². The summed E-state index contributed by atoms with van der Waals surface area (Å²) in [4.78, 5) is 12.0. The van der Waals surface area contributed by atoms with Crippen LogP contribution in [0.4, 0.5) is 0 Å². The molecule has 2 nitrogen and oxygen atoms in total. The van der Waals surface area contributed by atoms with E-state index in [2.05, 4.69) is 20.8 Å². The summed E-state index contributed by atoms with van der Waals surface area (Å²) in [7, 11) is 0. The number of carbonyl (C=O) groups excluding carboxylic acids is 1. The van der Waals surface area contributed by atoms with Crippen LogP contribution in [0.25, 0.3) is 0 Å². The van der Waals surface area contributed by atoms with Crippen molar-refractivity contribution in [3.8, 4) is 0 Å². The number of carbonyl (C=O) groups is 1. The molecule has 1 atom stereocenters. The van der Waals surface area contributed by atoms with E-state index in [0.29, 0.717) is 11.7 Å². The largest absolute Gasteiger partial charge is 0.321 e. The van der Waals surface area contributed by atoms with Gasteiger partial charge in [0, 0.05) is 5.92 Å². The zero-order valence-corrected chi connectivity index (χ0v) is 10.3. The van der Waals surface area contributed by atoms with Crippen molar-refractivity contribution in [2.24, 2.45) is 23.5 Å². The Morgan fingerprint density at radius 2 is 1.80 bits per heavy atom. The number of Topliss-reactive ketones (excluding diaryl/α,β-unsaturated/α-hetero) is 1. The standard InChI is InChI=1S/C13H25NO/c1-9(2)8-12(14)13(15)11-6-4-10(3)5-7-11/h9-12H,4-8,14H2,1-3H3. The quantitative estimate of drug-likeness (QED) is 0.777. The summed E-state index contributed by atoms with van der Waals surface area (Å²) in [6.07, 6.45) is 5.36. The van der Waals surface area contributed by atoms with Crippen molar-refractivity contribution in [2.75, 3.05) is 0 Å². The van der Waals surface area contributed by atoms with E-state index >= 15 is 0 Å². The maximum atomic E-state index is 12.0. The summed E-state index contributed by atoms with van der Waals surface area (Å²) >= 11 is 0. The highest BCUT2D eigenvalue weighted by molar-refractivity contribution is 5.86. The lowest BCUT2D eigenvalue weighted by atomic mass is 9.78. The van der Waals surface area contributed by atoms with Crippen LogP contribution in [0.5, 0.6) is 0 Å². The number of nitrogens with two attached hydrogens (primary N) is 1. The highest BCUT2D eigenvalue weighted by Crippen LogP contribution is 2.29. The van der Waals surface area contributed by atoms with Crippen LogP contribution in [-0.2, 0) is 4.79 Å². The van der Waals surface area contributed by atoms with E-state index in [-0.39, 0.29) is 12.0 Å². The first-order valence-corrected chi connectivity index (χ1v) is 6.30. The third-order valence-electron chi connectivity index (χ3n) is 3.51. The van der Waals surface area contributed by atoms with Gasteiger partial charge in [-0.3, -0.25) is 4.79 Å². The molecule has 0 aromatic rings. The first-order chi connectivity index (χ1) is 7.00. The first kappa shape index (κ1) is 12.7. The van der Waals surface area contributed by atoms with E-state index in [1.54, 1.807) is 0 Å². The topological polar surface area (TPSA) is 43.1 Å². The summed E-state index contributed by atoms with van der Waals surface area (Å²) in [5.74, 6) is 1.90. The molecule has 15 heavy (non-hydrogen) atoms. The zero-order chi connectivity index (χ0) is 11.4. The van der Waals surface area contributed by atoms with Gasteiger partial charge in [-0.2, -0.15) is 0 Å². The van der Waals surface area contributed by atoms with Crippen LogP contribution in [0.15, 0.2) is 0 Å². The molecule has 1 aliphatic rings. The van der Waals surface area contributed by atoms with Crippen molar-refractivity contribution in [3.05, 3.63) is 0 Å². The van der Waals surface area contributed by atoms with E-state index in [1.165, 1.54) is 12.8 Å². The fourth-order valence-electron chi connectivity index (χ4n) is 2.47. The molecule has 1 rings (SSSR count). The lowest BCUT2D eigenvalue weighted by molar-refractivity contribution is -0.125. The Morgan fingerprint density at radius 1 is 1.27 bits per heavy atom. The molecule has 0 aromatic heterocycles. The molecule has 0 radical (unpaired) electrons. The van der Waals surface area contributed by atoms with Gasteiger partial charge < -0.3 is 5.73 Å². The normalized spacial score (nSPS) is 29.1. The molecule has 1 aliphatic carbocycles. The summed E-state index contributed by atoms with van der Waals surface area (Å²) in [6, 6.07) is -0.219. The van der Waals surface area contributed by atoms with Gasteiger partial charge in [-0.05, 0) is 31.1 Å². The third kappa shape index (κ3) is 3.94. The molecule has 0 saturated heterocycles. The Labute approximate surface area is 93.6 Å². The van der Waals surface area contributed by atoms with Gasteiger partial charge in [0.15, 0.2) is 5.78 Å². The molecule has 0 heterocycles. The fraction of sp³-hybridized carbons (Fsp3) is 0.923. The van der Waals surface area contributed by atoms with E-state index in [1.807, 2.05) is 0 Å². The van der Waals surface area contributed by atoms with Gasteiger partial charge in [0.25, 0.3) is 0 Å². The Kier molecular flexibility index (Phi) is 4.78. The molecule has 0 amide bonds. The van der Waals surface area contributed by atoms with Crippen LogP contribution in [0.3, 0.4) is 0 Å². The SMILES string of the molecule is CC(C)CC(N)C(=O)C1CCC(C)CC1. The molecule has 1 unspecified atom stereocenters. The summed E-state index contributed by atoms with van der Waals surface area (Å²) in [5, 5.41) is 0. The van der Waals surface area contributed by atoms with Crippen LogP contribution in [0, 0.1) is 17.8 Å². The number of hydrogen-bond donors (Lipinski definition) is 1. The maximum Gasteiger partial charge on any atom is 0.152 e. The van der Waals surface area contributed by atoms with Gasteiger partial charge in [0.2, 0.25) is 0 Å². The second-order valence-corrected chi connectivity index (χ2v) is 5.60. The Hall–Kier alpha value is -0.370. The molecule has 1 fully saturated rings. The lowest BCUT2D eigenvalue weighted by Crippen LogP contribution is -2.38. The van der Waals surface area contributed by atoms with E-state index in [4.69, 9.17) is 5.73 Å². The van der Waals surface area contributed by atoms with Crippen molar-refractivity contribution < 1.29 is 4.79 Å². The van der Waals surface area contributed by atoms with E-state index in [9.17, 15) is 4.79 Å². The predicted octanol–water partition coefficient (Wildman–Crippen LogP) is 2.76. The van der Waals surface area contributed by atoms with Gasteiger partial charge in [0.05, 0.1) is 6.04 Å². The van der Waals surface area contributed by atoms with Gasteiger partial charge in [-0.25, -0.2) is 0 Å². The zero-order valence-electron chi connectivity index (χ0n) is 10.3. The van der Waals surface area contributed by atoms with Crippen molar-refractivity contribution >= 4 is 5.78 Å². The van der Waals surface area contributed by atoms with Crippen molar-refractivity contribution in [1.29, 1.82) is 0 Å². The van der Waals surface area contributed by atoms with Crippen molar-refractivity contribution in [1.82, 2.24) is 0 Å². The Bertz CT molecular complexity index is 205. The van der Waals surface area contributed by atoms with Crippen molar-refractivity contribution in [3.63, 3.8) is 0 Å². The summed E-state index contributed by atoms with van der Waals surface area (Å²) < 4.78 is 0. The van der Waals surface area contributed by atoms with Crippen LogP contribution in [0.1, 0.15) is 52.9 Å². The van der Waals surface area contributed by atoms with Gasteiger partial charge in [-0.1, -0.05) is 33.6 Å². The third-order valence-corrected chi connectivity index (χ3v) is 3.51. The summed E-state index contributed by atoms with van der Waals surface area (Å²) in [5.41, 5.74) is 5.93. The minimum Gasteiger partial charge on any atom is -0.321 e. The van der Waals surface area contributed by atoms with Crippen LogP contribution in [0.2, 0.25) is 0 Å². The second-order valence-electron chi connectivity index (χ2n) is 5.60. The Morgan fingerprint density at radius 3 is 2.27 bits per heavy atom. The molecule has 0 spiro atoms. The average Bonchev–Trinajstić information content (AvgIpc) is 2.17. The fourth-order valence-corrected chi connectivity index (χ4v) is 2.47. The highest BCUT2D eigenvalue weighted by Gasteiger charge is 2.28. The monoisotopic (exact) mass is 211 g/mol. The van der Waals surface area contributed by atoms with E-state index < -0.39 is 0 Å². The maximum absolute atomic E-state index is 12.0. The number of ketones is 1. The number of hydrogen-bond acceptors (Lipinski definition) is 2. The molecule has 2 heteroatoms. The molecular weight excluding hydrogens is 186 g/mol. The number of rotatable bonds is 4. The minimum absolute atomic E-state index is 0.219. The Balaban J connectivity index is 2.39. The minimum atomic E-state index is -0.219. The highest BCUT2D eigenvalue weighted by atomic mass is 16.1. The molecule has 0 aliphatic heterocycles. The molecular formula is C13H25NO. The smallest absolute Gasteiger partial charge is 0.152 e. The van der Waals surface area contributed by atoms with Crippen molar-refractivity contribution in [2.45, 2.75) is 58.9 Å². The van der Waals surface area contributed by atoms with Crippen LogP contribution < -0.4 is 5.73 Å². The predicted molar refractivity (Wildman–Crippen MR) is 63.6 cm³/mol. The van der Waals surface area contributed by atoms with E-state index in [0.717, 1.165) is 25.2 Å². The van der Waals surface area contributed by atoms with Gasteiger partial charge >= 0.3 is 0 Å². The van der Waals surface area contributed by atoms with Gasteiger partial charge in [0.1, 0.15) is 0 Å². The molecule has 88 valence electrons. The first-order valence-electron chi connectivity index (χ1n) is 6.30. The molecule has 2 N–H and O–H groups in total. The summed E-state index contributed by atoms with van der Waals surface area (Å²) in [6.45, 7) is 6.51. The average molecular weight is 211 g/mol. The van der Waals surface area contributed by atoms with Gasteiger partial charge in [-0.15, -0.1) is 0 Å². The van der Waals surface area contributed by atoms with Crippen LogP contribution in [-0.4, -0.2) is 11.8 Å². The molecule has 1 saturated carbocycles. The second kappa shape index (κ2) is 5.64. The lowest BCUT2D eigenvalue weighted by Gasteiger charge is -2.27. The molecule has 0 aromatic carbocycles.